The van der Waals surface area contributed by atoms with E-state index in [0.717, 1.165) is 57.6 Å². The number of amides is 3. The molecule has 1 fully saturated rings. The fourth-order valence-electron chi connectivity index (χ4n) is 5.11. The van der Waals surface area contributed by atoms with E-state index in [4.69, 9.17) is 4.74 Å². The molecule has 0 aromatic heterocycles. The molecular weight excluding hydrogens is 498 g/mol. The first kappa shape index (κ1) is 27.5. The summed E-state index contributed by atoms with van der Waals surface area (Å²) in [6.45, 7) is 13.1. The molecule has 2 aliphatic rings. The van der Waals surface area contributed by atoms with Crippen molar-refractivity contribution in [1.82, 2.24) is 4.90 Å². The van der Waals surface area contributed by atoms with Crippen molar-refractivity contribution < 1.29 is 19.1 Å². The third-order valence-corrected chi connectivity index (χ3v) is 7.80. The summed E-state index contributed by atoms with van der Waals surface area (Å²) in [6.07, 6.45) is 4.94. The van der Waals surface area contributed by atoms with Crippen LogP contribution in [0.15, 0.2) is 41.3 Å². The van der Waals surface area contributed by atoms with Crippen LogP contribution in [0.4, 0.5) is 16.2 Å². The molecule has 200 valence electrons. The van der Waals surface area contributed by atoms with Crippen LogP contribution in [-0.4, -0.2) is 47.7 Å². The number of methoxy groups -OCH3 is 1. The van der Waals surface area contributed by atoms with Crippen molar-refractivity contribution in [1.29, 1.82) is 0 Å². The Bertz CT molecular complexity index is 1380. The van der Waals surface area contributed by atoms with Gasteiger partial charge in [-0.25, -0.2) is 0 Å². The summed E-state index contributed by atoms with van der Waals surface area (Å²) in [5, 5.41) is 2.33. The molecule has 2 aliphatic heterocycles. The molecule has 8 heteroatoms. The number of thioether (sulfide) groups is 1. The smallest absolute Gasteiger partial charge is 0.294 e. The van der Waals surface area contributed by atoms with Gasteiger partial charge in [0.15, 0.2) is 0 Å². The molecule has 0 bridgehead atoms. The number of nitrogens with one attached hydrogen (secondary N) is 1. The van der Waals surface area contributed by atoms with Gasteiger partial charge in [-0.3, -0.25) is 19.3 Å². The molecular formula is C30H35N3O4S. The van der Waals surface area contributed by atoms with Gasteiger partial charge < -0.3 is 15.0 Å². The number of fused-ring (bicyclic) bond motifs is 1. The van der Waals surface area contributed by atoms with E-state index >= 15 is 0 Å². The Balaban J connectivity index is 1.60. The SMILES string of the molecule is CCCN1c2cc(OC)c(/C=C3/SC(=O)N(CC(=O)Nc4ccc(C)cc4C)C3=O)cc2C(C)=CC1(C)C. The highest BCUT2D eigenvalue weighted by molar-refractivity contribution is 8.18. The second-order valence-electron chi connectivity index (χ2n) is 10.4. The molecule has 0 aliphatic carbocycles. The van der Waals surface area contributed by atoms with Crippen molar-refractivity contribution in [3.8, 4) is 5.75 Å². The van der Waals surface area contributed by atoms with E-state index in [1.165, 1.54) is 0 Å². The monoisotopic (exact) mass is 533 g/mol. The quantitative estimate of drug-likeness (QED) is 0.415. The molecule has 2 aromatic carbocycles. The Morgan fingerprint density at radius 2 is 1.87 bits per heavy atom. The lowest BCUT2D eigenvalue weighted by Gasteiger charge is -2.43. The highest BCUT2D eigenvalue weighted by Gasteiger charge is 2.37. The molecule has 3 amide bonds. The van der Waals surface area contributed by atoms with Crippen LogP contribution >= 0.6 is 11.8 Å². The van der Waals surface area contributed by atoms with Crippen molar-refractivity contribution >= 4 is 51.8 Å². The van der Waals surface area contributed by atoms with E-state index in [1.54, 1.807) is 13.2 Å². The van der Waals surface area contributed by atoms with Gasteiger partial charge in [0.05, 0.1) is 17.6 Å². The summed E-state index contributed by atoms with van der Waals surface area (Å²) < 4.78 is 5.72. The van der Waals surface area contributed by atoms with Crippen LogP contribution in [0.3, 0.4) is 0 Å². The number of ether oxygens (including phenoxy) is 1. The largest absolute Gasteiger partial charge is 0.496 e. The molecule has 0 radical (unpaired) electrons. The van der Waals surface area contributed by atoms with Gasteiger partial charge in [-0.2, -0.15) is 0 Å². The van der Waals surface area contributed by atoms with Crippen molar-refractivity contribution in [2.24, 2.45) is 0 Å². The summed E-state index contributed by atoms with van der Waals surface area (Å²) in [4.78, 5) is 42.2. The Hall–Kier alpha value is -3.52. The number of allylic oxidation sites excluding steroid dienone is 1. The summed E-state index contributed by atoms with van der Waals surface area (Å²) >= 11 is 0.834. The van der Waals surface area contributed by atoms with Gasteiger partial charge >= 0.3 is 0 Å². The molecule has 1 saturated heterocycles. The maximum atomic E-state index is 13.2. The van der Waals surface area contributed by atoms with Crippen LogP contribution in [0.2, 0.25) is 0 Å². The van der Waals surface area contributed by atoms with Crippen LogP contribution in [0.25, 0.3) is 11.6 Å². The van der Waals surface area contributed by atoms with Crippen molar-refractivity contribution in [2.75, 3.05) is 30.4 Å². The van der Waals surface area contributed by atoms with E-state index in [-0.39, 0.29) is 17.0 Å². The Morgan fingerprint density at radius 1 is 1.13 bits per heavy atom. The minimum atomic E-state index is -0.489. The zero-order valence-electron chi connectivity index (χ0n) is 23.1. The van der Waals surface area contributed by atoms with Crippen molar-refractivity contribution in [3.63, 3.8) is 0 Å². The molecule has 1 N–H and O–H groups in total. The third kappa shape index (κ3) is 5.36. The van der Waals surface area contributed by atoms with Crippen LogP contribution < -0.4 is 15.0 Å². The van der Waals surface area contributed by atoms with E-state index in [9.17, 15) is 14.4 Å². The molecule has 2 aromatic rings. The topological polar surface area (TPSA) is 79.0 Å². The van der Waals surface area contributed by atoms with E-state index < -0.39 is 17.1 Å². The second-order valence-corrected chi connectivity index (χ2v) is 11.4. The average molecular weight is 534 g/mol. The van der Waals surface area contributed by atoms with Gasteiger partial charge in [0, 0.05) is 35.1 Å². The zero-order chi connectivity index (χ0) is 27.8. The Labute approximate surface area is 228 Å². The number of aryl methyl sites for hydroxylation is 2. The van der Waals surface area contributed by atoms with Gasteiger partial charge in [0.25, 0.3) is 11.1 Å². The first-order valence-electron chi connectivity index (χ1n) is 12.8. The van der Waals surface area contributed by atoms with Gasteiger partial charge in [-0.15, -0.1) is 0 Å². The van der Waals surface area contributed by atoms with Crippen LogP contribution in [0.1, 0.15) is 56.4 Å². The summed E-state index contributed by atoms with van der Waals surface area (Å²) in [7, 11) is 1.60. The summed E-state index contributed by atoms with van der Waals surface area (Å²) in [5.41, 5.74) is 6.52. The summed E-state index contributed by atoms with van der Waals surface area (Å²) in [6, 6.07) is 9.70. The molecule has 0 saturated carbocycles. The number of carbonyl (C=O) groups excluding carboxylic acids is 3. The fraction of sp³-hybridized carbons (Fsp3) is 0.367. The Kier molecular flexibility index (Phi) is 7.74. The molecule has 2 heterocycles. The third-order valence-electron chi connectivity index (χ3n) is 6.89. The highest BCUT2D eigenvalue weighted by Crippen LogP contribution is 2.43. The minimum absolute atomic E-state index is 0.139. The standard InChI is InChI=1S/C30H35N3O4S/c1-8-11-33-24-15-25(37-7)21(13-22(24)20(4)16-30(33,5)6)14-26-28(35)32(29(36)38-26)17-27(34)31-23-10-9-18(2)12-19(23)3/h9-10,12-16H,8,11,17H2,1-7H3,(H,31,34)/b26-14+. The van der Waals surface area contributed by atoms with E-state index in [0.29, 0.717) is 17.0 Å². The summed E-state index contributed by atoms with van der Waals surface area (Å²) in [5.74, 6) is -0.294. The predicted octanol–water partition coefficient (Wildman–Crippen LogP) is 6.40. The Morgan fingerprint density at radius 3 is 2.53 bits per heavy atom. The van der Waals surface area contributed by atoms with Gasteiger partial charge in [0.2, 0.25) is 5.91 Å². The van der Waals surface area contributed by atoms with Crippen molar-refractivity contribution in [2.45, 2.75) is 53.5 Å². The van der Waals surface area contributed by atoms with Crippen LogP contribution in [-0.2, 0) is 9.59 Å². The number of benzene rings is 2. The number of hydrogen-bond donors (Lipinski definition) is 1. The number of hydrogen-bond acceptors (Lipinski definition) is 6. The minimum Gasteiger partial charge on any atom is -0.496 e. The first-order chi connectivity index (χ1) is 17.9. The molecule has 0 spiro atoms. The molecule has 0 unspecified atom stereocenters. The fourth-order valence-corrected chi connectivity index (χ4v) is 5.94. The number of rotatable bonds is 7. The maximum Gasteiger partial charge on any atom is 0.294 e. The highest BCUT2D eigenvalue weighted by atomic mass is 32.2. The van der Waals surface area contributed by atoms with Crippen LogP contribution in [0.5, 0.6) is 5.75 Å². The second kappa shape index (κ2) is 10.7. The van der Waals surface area contributed by atoms with E-state index in [1.807, 2.05) is 44.2 Å². The number of carbonyl (C=O) groups is 3. The maximum absolute atomic E-state index is 13.2. The molecule has 4 rings (SSSR count). The molecule has 0 atom stereocenters. The molecule has 7 nitrogen and oxygen atoms in total. The predicted molar refractivity (Wildman–Crippen MR) is 156 cm³/mol. The number of imide groups is 1. The number of nitrogens with zero attached hydrogens (tertiary/aromatic N) is 2. The first-order valence-corrected chi connectivity index (χ1v) is 13.6. The lowest BCUT2D eigenvalue weighted by Crippen LogP contribution is -2.45. The van der Waals surface area contributed by atoms with Crippen LogP contribution in [0, 0.1) is 13.8 Å². The number of anilines is 2. The molecule has 38 heavy (non-hydrogen) atoms. The van der Waals surface area contributed by atoms with Gasteiger partial charge in [0.1, 0.15) is 12.3 Å². The zero-order valence-corrected chi connectivity index (χ0v) is 23.9. The van der Waals surface area contributed by atoms with Gasteiger partial charge in [-0.05, 0) is 82.1 Å². The normalized spacial score (nSPS) is 17.6. The van der Waals surface area contributed by atoms with E-state index in [2.05, 4.69) is 44.0 Å². The van der Waals surface area contributed by atoms with Gasteiger partial charge in [-0.1, -0.05) is 30.7 Å². The average Bonchev–Trinajstić information content (AvgIpc) is 3.10. The van der Waals surface area contributed by atoms with Crippen molar-refractivity contribution in [3.05, 3.63) is 63.6 Å². The lowest BCUT2D eigenvalue weighted by atomic mass is 9.87. The lowest BCUT2D eigenvalue weighted by molar-refractivity contribution is -0.127.